The molecule has 0 aliphatic carbocycles. The van der Waals surface area contributed by atoms with E-state index < -0.39 is 31.8 Å². The molecule has 2 fully saturated rings. The molecule has 6 rings (SSSR count). The molecular weight excluding hydrogens is 657 g/mol. The first-order valence-electron chi connectivity index (χ1n) is 16.0. The number of piperidine rings is 1. The standard InChI is InChI=1S/C32H40N8O6S2/c1-36-24-28(22-34-36)48(45,46)38-18-8-12-26(23-38)40-29(25-10-4-2-5-11-25)30(31(41)37-20-16-33-17-21-37)39(32(40)42)19-9-15-35-47(43,44)27-13-6-3-7-14-27/h2-7,10-11,13-14,22,24,26,33,35H,8-9,12,15-21,23H2,1H3. The Balaban J connectivity index is 1.39. The van der Waals surface area contributed by atoms with Gasteiger partial charge in [-0.3, -0.25) is 18.6 Å². The van der Waals surface area contributed by atoms with Crippen LogP contribution in [0.1, 0.15) is 35.8 Å². The van der Waals surface area contributed by atoms with E-state index in [1.165, 1.54) is 38.1 Å². The third-order valence-electron chi connectivity index (χ3n) is 8.77. The fourth-order valence-electron chi connectivity index (χ4n) is 6.37. The number of hydrogen-bond acceptors (Lipinski definition) is 8. The Morgan fingerprint density at radius 2 is 1.65 bits per heavy atom. The van der Waals surface area contributed by atoms with Crippen molar-refractivity contribution in [3.05, 3.63) is 89.2 Å². The molecule has 4 aromatic rings. The SMILES string of the molecule is Cn1cc(S(=O)(=O)N2CCCC(n3c(-c4ccccc4)c(C(=O)N4CCNCC4)n(CCCNS(=O)(=O)c4ccccc4)c3=O)C2)cn1. The minimum absolute atomic E-state index is 0.0390. The molecule has 1 amide bonds. The van der Waals surface area contributed by atoms with Crippen molar-refractivity contribution < 1.29 is 21.6 Å². The number of nitrogens with zero attached hydrogens (tertiary/aromatic N) is 6. The zero-order valence-electron chi connectivity index (χ0n) is 26.7. The molecule has 1 atom stereocenters. The van der Waals surface area contributed by atoms with Crippen LogP contribution in [0.15, 0.2) is 87.6 Å². The summed E-state index contributed by atoms with van der Waals surface area (Å²) in [6.45, 7) is 2.59. The number of hydrogen-bond donors (Lipinski definition) is 2. The summed E-state index contributed by atoms with van der Waals surface area (Å²) >= 11 is 0. The molecule has 2 aromatic carbocycles. The smallest absolute Gasteiger partial charge is 0.329 e. The van der Waals surface area contributed by atoms with Gasteiger partial charge < -0.3 is 10.2 Å². The second-order valence-corrected chi connectivity index (χ2v) is 15.7. The maximum absolute atomic E-state index is 14.5. The number of piperazine rings is 1. The van der Waals surface area contributed by atoms with Gasteiger partial charge in [0.2, 0.25) is 20.0 Å². The Bertz CT molecular complexity index is 2020. The number of carbonyl (C=O) groups is 1. The topological polar surface area (TPSA) is 161 Å². The van der Waals surface area contributed by atoms with E-state index in [9.17, 15) is 26.4 Å². The van der Waals surface area contributed by atoms with Gasteiger partial charge in [-0.2, -0.15) is 9.40 Å². The van der Waals surface area contributed by atoms with Crippen LogP contribution in [0.2, 0.25) is 0 Å². The highest BCUT2D eigenvalue weighted by molar-refractivity contribution is 7.89. The number of rotatable bonds is 11. The van der Waals surface area contributed by atoms with Crippen molar-refractivity contribution >= 4 is 26.0 Å². The summed E-state index contributed by atoms with van der Waals surface area (Å²) in [5.41, 5.74) is 0.860. The van der Waals surface area contributed by atoms with Gasteiger partial charge in [0.1, 0.15) is 10.6 Å². The van der Waals surface area contributed by atoms with E-state index in [2.05, 4.69) is 15.1 Å². The van der Waals surface area contributed by atoms with Crippen molar-refractivity contribution in [2.45, 2.75) is 41.6 Å². The number of imidazole rings is 1. The van der Waals surface area contributed by atoms with Gasteiger partial charge in [-0.05, 0) is 31.4 Å². The molecule has 2 N–H and O–H groups in total. The lowest BCUT2D eigenvalue weighted by Gasteiger charge is -2.33. The van der Waals surface area contributed by atoms with Gasteiger partial charge >= 0.3 is 5.69 Å². The van der Waals surface area contributed by atoms with Crippen LogP contribution in [0.25, 0.3) is 11.3 Å². The van der Waals surface area contributed by atoms with Crippen LogP contribution in [0, 0.1) is 0 Å². The lowest BCUT2D eigenvalue weighted by atomic mass is 10.0. The van der Waals surface area contributed by atoms with Gasteiger partial charge in [-0.25, -0.2) is 26.4 Å². The van der Waals surface area contributed by atoms with Gasteiger partial charge in [0, 0.05) is 71.2 Å². The summed E-state index contributed by atoms with van der Waals surface area (Å²) in [6, 6.07) is 16.7. The maximum Gasteiger partial charge on any atom is 0.329 e. The van der Waals surface area contributed by atoms with Crippen LogP contribution in [0.4, 0.5) is 0 Å². The lowest BCUT2D eigenvalue weighted by molar-refractivity contribution is 0.0725. The van der Waals surface area contributed by atoms with Crippen molar-refractivity contribution in [1.29, 1.82) is 0 Å². The Kier molecular flexibility index (Phi) is 9.98. The molecule has 14 nitrogen and oxygen atoms in total. The van der Waals surface area contributed by atoms with Crippen molar-refractivity contribution in [2.24, 2.45) is 7.05 Å². The Morgan fingerprint density at radius 1 is 0.958 bits per heavy atom. The zero-order chi connectivity index (χ0) is 33.9. The third-order valence-corrected chi connectivity index (χ3v) is 12.1. The van der Waals surface area contributed by atoms with Gasteiger partial charge in [-0.1, -0.05) is 48.5 Å². The molecule has 256 valence electrons. The second kappa shape index (κ2) is 14.2. The summed E-state index contributed by atoms with van der Waals surface area (Å²) in [5.74, 6) is -0.299. The summed E-state index contributed by atoms with van der Waals surface area (Å²) in [7, 11) is -6.00. The number of nitrogens with one attached hydrogen (secondary N) is 2. The molecule has 0 bridgehead atoms. The monoisotopic (exact) mass is 696 g/mol. The van der Waals surface area contributed by atoms with E-state index in [1.54, 1.807) is 34.7 Å². The van der Waals surface area contributed by atoms with E-state index in [1.807, 2.05) is 30.3 Å². The predicted molar refractivity (Wildman–Crippen MR) is 179 cm³/mol. The molecule has 2 aliphatic heterocycles. The van der Waals surface area contributed by atoms with Crippen LogP contribution in [0.3, 0.4) is 0 Å². The van der Waals surface area contributed by atoms with Crippen LogP contribution < -0.4 is 15.7 Å². The first-order chi connectivity index (χ1) is 23.1. The largest absolute Gasteiger partial charge is 0.335 e. The maximum atomic E-state index is 14.5. The van der Waals surface area contributed by atoms with Crippen molar-refractivity contribution in [2.75, 3.05) is 45.8 Å². The van der Waals surface area contributed by atoms with Crippen LogP contribution >= 0.6 is 0 Å². The minimum Gasteiger partial charge on any atom is -0.335 e. The van der Waals surface area contributed by atoms with Crippen molar-refractivity contribution in [1.82, 2.24) is 38.2 Å². The van der Waals surface area contributed by atoms with Crippen molar-refractivity contribution in [3.8, 4) is 11.3 Å². The fourth-order valence-corrected chi connectivity index (χ4v) is 8.97. The fraction of sp³-hybridized carbons (Fsp3) is 0.406. The molecule has 0 spiro atoms. The normalized spacial score (nSPS) is 17.9. The molecule has 0 radical (unpaired) electrons. The van der Waals surface area contributed by atoms with Gasteiger partial charge in [-0.15, -0.1) is 0 Å². The predicted octanol–water partition coefficient (Wildman–Crippen LogP) is 1.49. The number of carbonyl (C=O) groups excluding carboxylic acids is 1. The minimum atomic E-state index is -3.88. The third kappa shape index (κ3) is 6.89. The Morgan fingerprint density at radius 3 is 2.31 bits per heavy atom. The Hall–Kier alpha value is -4.09. The summed E-state index contributed by atoms with van der Waals surface area (Å²) in [5, 5.41) is 7.28. The second-order valence-electron chi connectivity index (χ2n) is 12.0. The lowest BCUT2D eigenvalue weighted by Crippen LogP contribution is -2.47. The first-order valence-corrected chi connectivity index (χ1v) is 18.9. The molecule has 2 saturated heterocycles. The highest BCUT2D eigenvalue weighted by Gasteiger charge is 2.37. The quantitative estimate of drug-likeness (QED) is 0.223. The van der Waals surface area contributed by atoms with Crippen LogP contribution in [0.5, 0.6) is 0 Å². The molecular formula is C32H40N8O6S2. The van der Waals surface area contributed by atoms with Crippen LogP contribution in [-0.4, -0.2) is 96.7 Å². The molecule has 0 saturated carbocycles. The summed E-state index contributed by atoms with van der Waals surface area (Å²) in [4.78, 5) is 30.8. The molecule has 2 aliphatic rings. The van der Waals surface area contributed by atoms with Gasteiger partial charge in [0.05, 0.1) is 22.8 Å². The Labute approximate surface area is 280 Å². The number of sulfonamides is 2. The molecule has 4 heterocycles. The average Bonchev–Trinajstić information content (AvgIpc) is 3.68. The molecule has 48 heavy (non-hydrogen) atoms. The first kappa shape index (κ1) is 33.8. The number of aryl methyl sites for hydroxylation is 1. The number of amides is 1. The van der Waals surface area contributed by atoms with E-state index >= 15 is 0 Å². The molecule has 2 aromatic heterocycles. The van der Waals surface area contributed by atoms with Crippen LogP contribution in [-0.2, 0) is 33.6 Å². The van der Waals surface area contributed by atoms with Gasteiger partial charge in [0.15, 0.2) is 0 Å². The number of benzene rings is 2. The molecule has 16 heteroatoms. The van der Waals surface area contributed by atoms with E-state index in [4.69, 9.17) is 0 Å². The highest BCUT2D eigenvalue weighted by Crippen LogP contribution is 2.33. The average molecular weight is 697 g/mol. The number of aromatic nitrogens is 4. The summed E-state index contributed by atoms with van der Waals surface area (Å²) in [6.07, 6.45) is 4.04. The van der Waals surface area contributed by atoms with E-state index in [0.717, 1.165) is 0 Å². The van der Waals surface area contributed by atoms with E-state index in [0.29, 0.717) is 50.3 Å². The highest BCUT2D eigenvalue weighted by atomic mass is 32.2. The van der Waals surface area contributed by atoms with Crippen molar-refractivity contribution in [3.63, 3.8) is 0 Å². The molecule has 1 unspecified atom stereocenters. The zero-order valence-corrected chi connectivity index (χ0v) is 28.4. The van der Waals surface area contributed by atoms with E-state index in [-0.39, 0.29) is 54.0 Å². The van der Waals surface area contributed by atoms with Gasteiger partial charge in [0.25, 0.3) is 5.91 Å². The summed E-state index contributed by atoms with van der Waals surface area (Å²) < 4.78 is 61.4.